The molecule has 190 valence electrons. The summed E-state index contributed by atoms with van der Waals surface area (Å²) >= 11 is 19.0. The molecule has 2 aromatic heterocycles. The second-order valence-electron chi connectivity index (χ2n) is 8.28. The highest BCUT2D eigenvalue weighted by Gasteiger charge is 2.15. The van der Waals surface area contributed by atoms with E-state index >= 15 is 0 Å². The van der Waals surface area contributed by atoms with Crippen molar-refractivity contribution in [1.29, 1.82) is 0 Å². The number of benzene rings is 3. The van der Waals surface area contributed by atoms with E-state index in [2.05, 4.69) is 15.6 Å². The van der Waals surface area contributed by atoms with Crippen LogP contribution in [0.5, 0.6) is 5.75 Å². The number of phenols is 1. The number of aromatic hydroxyl groups is 1. The van der Waals surface area contributed by atoms with Gasteiger partial charge in [-0.15, -0.1) is 11.3 Å². The lowest BCUT2D eigenvalue weighted by Crippen LogP contribution is -2.32. The molecule has 0 aliphatic rings. The molecule has 0 aliphatic heterocycles. The Morgan fingerprint density at radius 1 is 1.08 bits per heavy atom. The molecule has 0 radical (unpaired) electrons. The number of rotatable bonds is 5. The smallest absolute Gasteiger partial charge is 0.250 e. The number of carbonyl (C=O) groups is 1. The van der Waals surface area contributed by atoms with Crippen LogP contribution in [0.3, 0.4) is 0 Å². The topological polar surface area (TPSA) is 87.4 Å². The minimum atomic E-state index is -0.438. The summed E-state index contributed by atoms with van der Waals surface area (Å²) in [5.74, 6) is 0.724. The number of hydrogen-bond donors (Lipinski definition) is 3. The van der Waals surface area contributed by atoms with E-state index in [9.17, 15) is 9.90 Å². The van der Waals surface area contributed by atoms with Gasteiger partial charge in [-0.3, -0.25) is 10.1 Å². The highest BCUT2D eigenvalue weighted by Crippen LogP contribution is 2.39. The molecule has 3 aromatic carbocycles. The molecule has 0 fully saturated rings. The fraction of sp³-hybridized carbons (Fsp3) is 0.0357. The summed E-state index contributed by atoms with van der Waals surface area (Å²) in [7, 11) is 0. The van der Waals surface area contributed by atoms with E-state index in [1.165, 1.54) is 23.5 Å². The molecule has 0 saturated heterocycles. The molecule has 3 N–H and O–H groups in total. The minimum Gasteiger partial charge on any atom is -0.507 e. The summed E-state index contributed by atoms with van der Waals surface area (Å²) in [5.41, 5.74) is 3.39. The second-order valence-corrected chi connectivity index (χ2v) is 10.6. The lowest BCUT2D eigenvalue weighted by molar-refractivity contribution is -0.115. The van der Waals surface area contributed by atoms with Gasteiger partial charge in [-0.25, -0.2) is 4.98 Å². The number of carbonyl (C=O) groups excluding carboxylic acids is 1. The van der Waals surface area contributed by atoms with Gasteiger partial charge in [0.1, 0.15) is 22.3 Å². The number of thiocarbonyl (C=S) groups is 1. The predicted molar refractivity (Wildman–Crippen MR) is 159 cm³/mol. The molecule has 2 heterocycles. The SMILES string of the molecule is Cc1cc(NC(=S)NC(=O)/C=C/c2ccc(-c3ccc(Cl)cc3Cl)o2)cc(-c2nc3ccccc3s2)c1O. The van der Waals surface area contributed by atoms with Crippen molar-refractivity contribution >= 4 is 79.8 Å². The number of aromatic nitrogens is 1. The van der Waals surface area contributed by atoms with E-state index < -0.39 is 5.91 Å². The molecule has 1 amide bonds. The number of nitrogens with zero attached hydrogens (tertiary/aromatic N) is 1. The number of nitrogens with one attached hydrogen (secondary N) is 2. The molecule has 0 spiro atoms. The summed E-state index contributed by atoms with van der Waals surface area (Å²) in [5, 5.41) is 18.1. The molecule has 0 atom stereocenters. The number of amides is 1. The molecule has 10 heteroatoms. The fourth-order valence-corrected chi connectivity index (χ4v) is 5.46. The zero-order valence-corrected chi connectivity index (χ0v) is 22.9. The molecular weight excluding hydrogens is 561 g/mol. The molecular formula is C28H19Cl2N3O3S2. The Hall–Kier alpha value is -3.69. The van der Waals surface area contributed by atoms with Gasteiger partial charge in [0, 0.05) is 22.3 Å². The van der Waals surface area contributed by atoms with Crippen LogP contribution in [0.15, 0.2) is 77.2 Å². The van der Waals surface area contributed by atoms with Crippen LogP contribution in [0.2, 0.25) is 10.0 Å². The van der Waals surface area contributed by atoms with E-state index in [-0.39, 0.29) is 10.9 Å². The van der Waals surface area contributed by atoms with E-state index in [0.717, 1.165) is 10.2 Å². The van der Waals surface area contributed by atoms with E-state index in [1.54, 1.807) is 49.4 Å². The van der Waals surface area contributed by atoms with Gasteiger partial charge in [0.25, 0.3) is 0 Å². The fourth-order valence-electron chi connectivity index (χ4n) is 3.75. The van der Waals surface area contributed by atoms with Gasteiger partial charge in [0.05, 0.1) is 20.8 Å². The van der Waals surface area contributed by atoms with Crippen LogP contribution in [-0.2, 0) is 4.79 Å². The summed E-state index contributed by atoms with van der Waals surface area (Å²) < 4.78 is 6.79. The number of phenolic OH excluding ortho intramolecular Hbond substituents is 1. The summed E-state index contributed by atoms with van der Waals surface area (Å²) in [4.78, 5) is 17.1. The molecule has 0 bridgehead atoms. The first-order valence-corrected chi connectivity index (χ1v) is 13.3. The van der Waals surface area contributed by atoms with Crippen molar-refractivity contribution in [2.24, 2.45) is 0 Å². The summed E-state index contributed by atoms with van der Waals surface area (Å²) in [6, 6.07) is 19.9. The Morgan fingerprint density at radius 2 is 1.89 bits per heavy atom. The van der Waals surface area contributed by atoms with Gasteiger partial charge < -0.3 is 14.8 Å². The Morgan fingerprint density at radius 3 is 2.68 bits per heavy atom. The number of furan rings is 1. The minimum absolute atomic E-state index is 0.105. The van der Waals surface area contributed by atoms with Gasteiger partial charge in [-0.1, -0.05) is 35.3 Å². The number of aryl methyl sites for hydroxylation is 1. The van der Waals surface area contributed by atoms with E-state index in [1.807, 2.05) is 24.3 Å². The lowest BCUT2D eigenvalue weighted by Gasteiger charge is -2.12. The number of thiazole rings is 1. The lowest BCUT2D eigenvalue weighted by atomic mass is 10.1. The van der Waals surface area contributed by atoms with Gasteiger partial charge >= 0.3 is 0 Å². The highest BCUT2D eigenvalue weighted by molar-refractivity contribution is 7.80. The first-order valence-electron chi connectivity index (χ1n) is 11.3. The first-order chi connectivity index (χ1) is 18.3. The maximum absolute atomic E-state index is 12.4. The number of fused-ring (bicyclic) bond motifs is 1. The third-order valence-electron chi connectivity index (χ3n) is 5.54. The number of anilines is 1. The van der Waals surface area contributed by atoms with Crippen LogP contribution in [0.4, 0.5) is 5.69 Å². The molecule has 0 unspecified atom stereocenters. The Bertz CT molecular complexity index is 1690. The summed E-state index contributed by atoms with van der Waals surface area (Å²) in [6.07, 6.45) is 2.84. The van der Waals surface area contributed by atoms with Crippen LogP contribution in [-0.4, -0.2) is 21.1 Å². The van der Waals surface area contributed by atoms with Crippen molar-refractivity contribution in [2.45, 2.75) is 6.92 Å². The standard InChI is InChI=1S/C28H19Cl2N3O3S2/c1-15-12-17(14-20(26(15)35)27-32-22-4-2-3-5-24(22)38-27)31-28(37)33-25(34)11-8-18-7-10-23(36-18)19-9-6-16(29)13-21(19)30/h2-14,35H,1H3,(H2,31,33,34,37)/b11-8+. The Labute approximate surface area is 237 Å². The van der Waals surface area contributed by atoms with Crippen LogP contribution in [0.25, 0.3) is 38.2 Å². The first kappa shape index (κ1) is 25.9. The average Bonchev–Trinajstić information content (AvgIpc) is 3.52. The van der Waals surface area contributed by atoms with Crippen molar-refractivity contribution in [1.82, 2.24) is 10.3 Å². The second kappa shape index (κ2) is 11.0. The molecule has 0 aliphatic carbocycles. The van der Waals surface area contributed by atoms with E-state index in [0.29, 0.717) is 49.0 Å². The van der Waals surface area contributed by atoms with Gasteiger partial charge in [-0.2, -0.15) is 0 Å². The van der Waals surface area contributed by atoms with Gasteiger partial charge in [0.2, 0.25) is 5.91 Å². The predicted octanol–water partition coefficient (Wildman–Crippen LogP) is 8.07. The normalized spacial score (nSPS) is 11.2. The molecule has 0 saturated carbocycles. The number of hydrogen-bond acceptors (Lipinski definition) is 6. The number of halogens is 2. The Kier molecular flexibility index (Phi) is 7.49. The van der Waals surface area contributed by atoms with E-state index in [4.69, 9.17) is 39.8 Å². The third-order valence-corrected chi connectivity index (χ3v) is 7.36. The van der Waals surface area contributed by atoms with Crippen LogP contribution >= 0.6 is 46.8 Å². The zero-order chi connectivity index (χ0) is 26.8. The monoisotopic (exact) mass is 579 g/mol. The third kappa shape index (κ3) is 5.74. The van der Waals surface area contributed by atoms with Crippen LogP contribution in [0, 0.1) is 6.92 Å². The van der Waals surface area contributed by atoms with Gasteiger partial charge in [0.15, 0.2) is 5.11 Å². The number of para-hydroxylation sites is 1. The molecule has 5 rings (SSSR count). The van der Waals surface area contributed by atoms with Crippen LogP contribution in [0.1, 0.15) is 11.3 Å². The summed E-state index contributed by atoms with van der Waals surface area (Å²) in [6.45, 7) is 1.79. The maximum Gasteiger partial charge on any atom is 0.250 e. The van der Waals surface area contributed by atoms with Crippen molar-refractivity contribution in [3.05, 3.63) is 94.2 Å². The zero-order valence-electron chi connectivity index (χ0n) is 19.8. The average molecular weight is 581 g/mol. The van der Waals surface area contributed by atoms with Gasteiger partial charge in [-0.05, 0) is 85.4 Å². The quantitative estimate of drug-likeness (QED) is 0.111. The molecule has 6 nitrogen and oxygen atoms in total. The molecule has 5 aromatic rings. The highest BCUT2D eigenvalue weighted by atomic mass is 35.5. The maximum atomic E-state index is 12.4. The van der Waals surface area contributed by atoms with Crippen molar-refractivity contribution in [3.63, 3.8) is 0 Å². The Balaban J connectivity index is 1.25. The van der Waals surface area contributed by atoms with Crippen molar-refractivity contribution in [2.75, 3.05) is 5.32 Å². The van der Waals surface area contributed by atoms with Crippen molar-refractivity contribution < 1.29 is 14.3 Å². The largest absolute Gasteiger partial charge is 0.507 e. The van der Waals surface area contributed by atoms with Crippen molar-refractivity contribution in [3.8, 4) is 27.6 Å². The molecule has 38 heavy (non-hydrogen) atoms. The van der Waals surface area contributed by atoms with Crippen LogP contribution < -0.4 is 10.6 Å².